The van der Waals surface area contributed by atoms with Crippen LogP contribution in [0, 0.1) is 12.8 Å². The number of amides is 2. The van der Waals surface area contributed by atoms with Crippen LogP contribution in [0.3, 0.4) is 0 Å². The first-order valence-corrected chi connectivity index (χ1v) is 10.3. The molecule has 6 nitrogen and oxygen atoms in total. The molecule has 0 spiro atoms. The zero-order chi connectivity index (χ0) is 19.6. The lowest BCUT2D eigenvalue weighted by Crippen LogP contribution is -2.32. The molecule has 0 aliphatic heterocycles. The van der Waals surface area contributed by atoms with Crippen LogP contribution >= 0.6 is 11.3 Å². The quantitative estimate of drug-likeness (QED) is 0.640. The number of anilines is 1. The highest BCUT2D eigenvalue weighted by molar-refractivity contribution is 7.18. The summed E-state index contributed by atoms with van der Waals surface area (Å²) in [4.78, 5) is 24.2. The number of nitrogens with one attached hydrogen (secondary N) is 2. The van der Waals surface area contributed by atoms with Gasteiger partial charge in [-0.1, -0.05) is 67.9 Å². The van der Waals surface area contributed by atoms with Crippen LogP contribution < -0.4 is 10.6 Å². The van der Waals surface area contributed by atoms with E-state index in [1.807, 2.05) is 38.1 Å². The maximum Gasteiger partial charge on any atom is 0.227 e. The Morgan fingerprint density at radius 1 is 1.15 bits per heavy atom. The van der Waals surface area contributed by atoms with Crippen molar-refractivity contribution in [3.8, 4) is 10.6 Å². The maximum atomic E-state index is 12.1. The standard InChI is InChI=1S/C20H28N4O2S/c1-4-6-7-15(5-2)18(26)21-13-12-17(25)22-20-24-23-19(27-20)16-10-8-14(3)9-11-16/h8-11,15H,4-7,12-13H2,1-3H3,(H,21,26)(H,22,24,25). The van der Waals surface area contributed by atoms with E-state index in [2.05, 4.69) is 27.8 Å². The molecule has 1 atom stereocenters. The van der Waals surface area contributed by atoms with Crippen molar-refractivity contribution in [3.63, 3.8) is 0 Å². The number of aromatic nitrogens is 2. The smallest absolute Gasteiger partial charge is 0.227 e. The lowest BCUT2D eigenvalue weighted by Gasteiger charge is -2.14. The zero-order valence-corrected chi connectivity index (χ0v) is 17.1. The van der Waals surface area contributed by atoms with Gasteiger partial charge in [-0.2, -0.15) is 0 Å². The molecule has 1 heterocycles. The molecule has 0 bridgehead atoms. The van der Waals surface area contributed by atoms with Crippen molar-refractivity contribution in [2.24, 2.45) is 5.92 Å². The summed E-state index contributed by atoms with van der Waals surface area (Å²) in [5.74, 6) is -0.104. The lowest BCUT2D eigenvalue weighted by atomic mass is 9.98. The summed E-state index contributed by atoms with van der Waals surface area (Å²) in [5.41, 5.74) is 2.15. The molecule has 0 fully saturated rings. The normalized spacial score (nSPS) is 11.8. The Labute approximate surface area is 164 Å². The third-order valence-corrected chi connectivity index (χ3v) is 5.28. The van der Waals surface area contributed by atoms with E-state index in [4.69, 9.17) is 0 Å². The molecule has 2 rings (SSSR count). The summed E-state index contributed by atoms with van der Waals surface area (Å²) in [5, 5.41) is 15.0. The molecule has 146 valence electrons. The third-order valence-electron chi connectivity index (χ3n) is 4.39. The Kier molecular flexibility index (Phi) is 8.39. The number of aryl methyl sites for hydroxylation is 1. The van der Waals surface area contributed by atoms with Gasteiger partial charge in [-0.15, -0.1) is 10.2 Å². The Morgan fingerprint density at radius 3 is 2.56 bits per heavy atom. The summed E-state index contributed by atoms with van der Waals surface area (Å²) in [6, 6.07) is 8.00. The van der Waals surface area contributed by atoms with E-state index in [-0.39, 0.29) is 24.2 Å². The minimum absolute atomic E-state index is 0.0354. The highest BCUT2D eigenvalue weighted by atomic mass is 32.1. The van der Waals surface area contributed by atoms with Crippen molar-refractivity contribution in [1.29, 1.82) is 0 Å². The monoisotopic (exact) mass is 388 g/mol. The van der Waals surface area contributed by atoms with Gasteiger partial charge >= 0.3 is 0 Å². The van der Waals surface area contributed by atoms with Gasteiger partial charge in [0.05, 0.1) is 0 Å². The van der Waals surface area contributed by atoms with Crippen molar-refractivity contribution < 1.29 is 9.59 Å². The van der Waals surface area contributed by atoms with E-state index in [1.165, 1.54) is 16.9 Å². The molecule has 0 radical (unpaired) electrons. The molecule has 1 aromatic carbocycles. The molecule has 0 saturated heterocycles. The minimum atomic E-state index is -0.177. The molecule has 1 aromatic heterocycles. The van der Waals surface area contributed by atoms with Crippen molar-refractivity contribution >= 4 is 28.3 Å². The van der Waals surface area contributed by atoms with Crippen LogP contribution in [0.4, 0.5) is 5.13 Å². The number of hydrogen-bond acceptors (Lipinski definition) is 5. The Balaban J connectivity index is 1.77. The molecule has 1 unspecified atom stereocenters. The molecular weight excluding hydrogens is 360 g/mol. The molecule has 0 aliphatic carbocycles. The molecule has 2 amide bonds. The second kappa shape index (κ2) is 10.8. The van der Waals surface area contributed by atoms with E-state index < -0.39 is 0 Å². The van der Waals surface area contributed by atoms with Gasteiger partial charge in [0.15, 0.2) is 0 Å². The minimum Gasteiger partial charge on any atom is -0.355 e. The fourth-order valence-corrected chi connectivity index (χ4v) is 3.45. The number of unbranched alkanes of at least 4 members (excludes halogenated alkanes) is 1. The average molecular weight is 389 g/mol. The SMILES string of the molecule is CCCCC(CC)C(=O)NCCC(=O)Nc1nnc(-c2ccc(C)cc2)s1. The first-order chi connectivity index (χ1) is 13.0. The van der Waals surface area contributed by atoms with E-state index in [1.54, 1.807) is 0 Å². The Morgan fingerprint density at radius 2 is 1.89 bits per heavy atom. The molecule has 0 saturated carbocycles. The van der Waals surface area contributed by atoms with Crippen molar-refractivity contribution in [2.45, 2.75) is 52.9 Å². The second-order valence-electron chi connectivity index (χ2n) is 6.61. The fraction of sp³-hybridized carbons (Fsp3) is 0.500. The van der Waals surface area contributed by atoms with Crippen molar-refractivity contribution in [2.75, 3.05) is 11.9 Å². The van der Waals surface area contributed by atoms with Crippen LogP contribution in [-0.2, 0) is 9.59 Å². The highest BCUT2D eigenvalue weighted by Crippen LogP contribution is 2.26. The number of hydrogen-bond donors (Lipinski definition) is 2. The van der Waals surface area contributed by atoms with Gasteiger partial charge in [0.2, 0.25) is 16.9 Å². The number of carbonyl (C=O) groups is 2. The van der Waals surface area contributed by atoms with Gasteiger partial charge in [0.1, 0.15) is 5.01 Å². The highest BCUT2D eigenvalue weighted by Gasteiger charge is 2.16. The largest absolute Gasteiger partial charge is 0.355 e. The Bertz CT molecular complexity index is 743. The summed E-state index contributed by atoms with van der Waals surface area (Å²) in [7, 11) is 0. The van der Waals surface area contributed by atoms with Crippen LogP contribution in [0.15, 0.2) is 24.3 Å². The van der Waals surface area contributed by atoms with Crippen LogP contribution in [0.25, 0.3) is 10.6 Å². The van der Waals surface area contributed by atoms with Gasteiger partial charge in [-0.3, -0.25) is 9.59 Å². The summed E-state index contributed by atoms with van der Waals surface area (Å²) < 4.78 is 0. The second-order valence-corrected chi connectivity index (χ2v) is 7.59. The lowest BCUT2D eigenvalue weighted by molar-refractivity contribution is -0.125. The predicted molar refractivity (Wildman–Crippen MR) is 110 cm³/mol. The van der Waals surface area contributed by atoms with Gasteiger partial charge in [0, 0.05) is 24.4 Å². The van der Waals surface area contributed by atoms with E-state index in [9.17, 15) is 9.59 Å². The maximum absolute atomic E-state index is 12.1. The molecular formula is C20H28N4O2S. The van der Waals surface area contributed by atoms with E-state index in [0.717, 1.165) is 36.3 Å². The van der Waals surface area contributed by atoms with Crippen molar-refractivity contribution in [1.82, 2.24) is 15.5 Å². The van der Waals surface area contributed by atoms with Crippen molar-refractivity contribution in [3.05, 3.63) is 29.8 Å². The molecule has 27 heavy (non-hydrogen) atoms. The number of carbonyl (C=O) groups excluding carboxylic acids is 2. The number of nitrogens with zero attached hydrogens (tertiary/aromatic N) is 2. The third kappa shape index (κ3) is 6.75. The van der Waals surface area contributed by atoms with Gasteiger partial charge in [0.25, 0.3) is 0 Å². The van der Waals surface area contributed by atoms with Crippen LogP contribution in [0.1, 0.15) is 51.5 Å². The topological polar surface area (TPSA) is 84.0 Å². The van der Waals surface area contributed by atoms with E-state index in [0.29, 0.717) is 11.7 Å². The molecule has 7 heteroatoms. The molecule has 2 N–H and O–H groups in total. The van der Waals surface area contributed by atoms with Crippen LogP contribution in [-0.4, -0.2) is 28.6 Å². The summed E-state index contributed by atoms with van der Waals surface area (Å²) >= 11 is 1.34. The molecule has 2 aromatic rings. The first-order valence-electron chi connectivity index (χ1n) is 9.51. The fourth-order valence-electron chi connectivity index (χ4n) is 2.68. The van der Waals surface area contributed by atoms with Gasteiger partial charge < -0.3 is 10.6 Å². The van der Waals surface area contributed by atoms with Gasteiger partial charge in [-0.25, -0.2) is 0 Å². The summed E-state index contributed by atoms with van der Waals surface area (Å²) in [6.07, 6.45) is 4.07. The Hall–Kier alpha value is -2.28. The van der Waals surface area contributed by atoms with Crippen LogP contribution in [0.5, 0.6) is 0 Å². The van der Waals surface area contributed by atoms with E-state index >= 15 is 0 Å². The summed E-state index contributed by atoms with van der Waals surface area (Å²) in [6.45, 7) is 6.50. The predicted octanol–water partition coefficient (Wildman–Crippen LogP) is 4.17. The molecule has 0 aliphatic rings. The van der Waals surface area contributed by atoms with Crippen LogP contribution in [0.2, 0.25) is 0 Å². The first kappa shape index (κ1) is 21.0. The zero-order valence-electron chi connectivity index (χ0n) is 16.2. The average Bonchev–Trinajstić information content (AvgIpc) is 3.11. The van der Waals surface area contributed by atoms with Gasteiger partial charge in [-0.05, 0) is 19.8 Å². The number of rotatable bonds is 10. The number of benzene rings is 1.